The molecule has 0 aliphatic carbocycles. The van der Waals surface area contributed by atoms with E-state index in [1.165, 1.54) is 12.8 Å². The standard InChI is InChI=1S/C13H23N3O2/c1-9-3-2-5-15-11(9)7-12(17)16-6-4-10(8-16)13(14)18/h9-11,15H,2-8H2,1H3,(H2,14,18). The summed E-state index contributed by atoms with van der Waals surface area (Å²) in [6.45, 7) is 4.38. The summed E-state index contributed by atoms with van der Waals surface area (Å²) < 4.78 is 0. The molecule has 2 aliphatic rings. The summed E-state index contributed by atoms with van der Waals surface area (Å²) in [4.78, 5) is 25.0. The molecule has 18 heavy (non-hydrogen) atoms. The monoisotopic (exact) mass is 253 g/mol. The molecule has 0 aromatic rings. The van der Waals surface area contributed by atoms with E-state index in [1.54, 1.807) is 4.90 Å². The lowest BCUT2D eigenvalue weighted by molar-refractivity contribution is -0.131. The lowest BCUT2D eigenvalue weighted by Crippen LogP contribution is -2.44. The van der Waals surface area contributed by atoms with Gasteiger partial charge < -0.3 is 16.0 Å². The van der Waals surface area contributed by atoms with Crippen LogP contribution in [0.25, 0.3) is 0 Å². The number of carbonyl (C=O) groups excluding carboxylic acids is 2. The van der Waals surface area contributed by atoms with Gasteiger partial charge >= 0.3 is 0 Å². The molecule has 3 unspecified atom stereocenters. The molecular weight excluding hydrogens is 230 g/mol. The van der Waals surface area contributed by atoms with Crippen LogP contribution in [-0.4, -0.2) is 42.4 Å². The van der Waals surface area contributed by atoms with E-state index < -0.39 is 0 Å². The number of nitrogens with one attached hydrogen (secondary N) is 1. The Labute approximate surface area is 108 Å². The van der Waals surface area contributed by atoms with E-state index in [-0.39, 0.29) is 17.7 Å². The van der Waals surface area contributed by atoms with Crippen molar-refractivity contribution in [1.29, 1.82) is 0 Å². The van der Waals surface area contributed by atoms with Crippen LogP contribution in [0, 0.1) is 11.8 Å². The second-order valence-electron chi connectivity index (χ2n) is 5.61. The molecule has 3 atom stereocenters. The van der Waals surface area contributed by atoms with Crippen molar-refractivity contribution in [2.75, 3.05) is 19.6 Å². The van der Waals surface area contributed by atoms with Crippen LogP contribution in [0.3, 0.4) is 0 Å². The van der Waals surface area contributed by atoms with Gasteiger partial charge in [0.15, 0.2) is 0 Å². The number of nitrogens with two attached hydrogens (primary N) is 1. The number of nitrogens with zero attached hydrogens (tertiary/aromatic N) is 1. The van der Waals surface area contributed by atoms with Crippen LogP contribution in [0.15, 0.2) is 0 Å². The fraction of sp³-hybridized carbons (Fsp3) is 0.846. The van der Waals surface area contributed by atoms with Crippen molar-refractivity contribution in [3.63, 3.8) is 0 Å². The van der Waals surface area contributed by atoms with Gasteiger partial charge in [-0.05, 0) is 31.7 Å². The van der Waals surface area contributed by atoms with Gasteiger partial charge in [-0.3, -0.25) is 9.59 Å². The maximum absolute atomic E-state index is 12.2. The Morgan fingerprint density at radius 3 is 2.78 bits per heavy atom. The third-order valence-electron chi connectivity index (χ3n) is 4.27. The minimum atomic E-state index is -0.283. The van der Waals surface area contributed by atoms with Gasteiger partial charge in [-0.15, -0.1) is 0 Å². The Morgan fingerprint density at radius 2 is 2.17 bits per heavy atom. The Balaban J connectivity index is 1.83. The highest BCUT2D eigenvalue weighted by atomic mass is 16.2. The van der Waals surface area contributed by atoms with Crippen molar-refractivity contribution in [3.05, 3.63) is 0 Å². The topological polar surface area (TPSA) is 75.4 Å². The van der Waals surface area contributed by atoms with Crippen LogP contribution in [0.2, 0.25) is 0 Å². The average Bonchev–Trinajstić information content (AvgIpc) is 2.81. The van der Waals surface area contributed by atoms with Crippen LogP contribution in [-0.2, 0) is 9.59 Å². The molecule has 0 saturated carbocycles. The van der Waals surface area contributed by atoms with E-state index in [4.69, 9.17) is 5.73 Å². The van der Waals surface area contributed by atoms with Crippen molar-refractivity contribution in [1.82, 2.24) is 10.2 Å². The molecule has 2 heterocycles. The number of primary amides is 1. The Morgan fingerprint density at radius 1 is 1.39 bits per heavy atom. The molecule has 5 heteroatoms. The highest BCUT2D eigenvalue weighted by Crippen LogP contribution is 2.21. The van der Waals surface area contributed by atoms with E-state index in [9.17, 15) is 9.59 Å². The first kappa shape index (κ1) is 13.3. The van der Waals surface area contributed by atoms with Gasteiger partial charge in [0.2, 0.25) is 11.8 Å². The molecule has 2 saturated heterocycles. The van der Waals surface area contributed by atoms with Crippen LogP contribution in [0.1, 0.15) is 32.6 Å². The number of hydrogen-bond acceptors (Lipinski definition) is 3. The fourth-order valence-electron chi connectivity index (χ4n) is 2.92. The summed E-state index contributed by atoms with van der Waals surface area (Å²) >= 11 is 0. The van der Waals surface area contributed by atoms with Crippen molar-refractivity contribution >= 4 is 11.8 Å². The number of carbonyl (C=O) groups is 2. The lowest BCUT2D eigenvalue weighted by atomic mass is 9.90. The van der Waals surface area contributed by atoms with Crippen molar-refractivity contribution < 1.29 is 9.59 Å². The third-order valence-corrected chi connectivity index (χ3v) is 4.27. The summed E-state index contributed by atoms with van der Waals surface area (Å²) in [6.07, 6.45) is 3.65. The maximum atomic E-state index is 12.2. The largest absolute Gasteiger partial charge is 0.369 e. The van der Waals surface area contributed by atoms with Gasteiger partial charge in [0, 0.05) is 25.6 Å². The van der Waals surface area contributed by atoms with Crippen molar-refractivity contribution in [2.45, 2.75) is 38.6 Å². The maximum Gasteiger partial charge on any atom is 0.224 e. The first-order valence-corrected chi connectivity index (χ1v) is 6.88. The average molecular weight is 253 g/mol. The minimum absolute atomic E-state index is 0.148. The Kier molecular flexibility index (Phi) is 4.22. The van der Waals surface area contributed by atoms with Gasteiger partial charge in [0.05, 0.1) is 5.92 Å². The summed E-state index contributed by atoms with van der Waals surface area (Å²) in [7, 11) is 0. The first-order chi connectivity index (χ1) is 8.58. The molecule has 2 amide bonds. The van der Waals surface area contributed by atoms with E-state index in [0.29, 0.717) is 37.9 Å². The Hall–Kier alpha value is -1.10. The van der Waals surface area contributed by atoms with E-state index >= 15 is 0 Å². The summed E-state index contributed by atoms with van der Waals surface area (Å²) in [5, 5.41) is 3.42. The van der Waals surface area contributed by atoms with Crippen LogP contribution in [0.4, 0.5) is 0 Å². The molecule has 2 fully saturated rings. The molecule has 2 aliphatic heterocycles. The molecule has 0 aromatic carbocycles. The molecule has 0 spiro atoms. The molecule has 102 valence electrons. The molecule has 0 aromatic heterocycles. The predicted octanol–water partition coefficient (Wildman–Crippen LogP) is 0.0984. The Bertz CT molecular complexity index is 332. The van der Waals surface area contributed by atoms with Crippen molar-refractivity contribution in [3.8, 4) is 0 Å². The van der Waals surface area contributed by atoms with Gasteiger partial charge in [-0.2, -0.15) is 0 Å². The third kappa shape index (κ3) is 3.02. The number of hydrogen-bond donors (Lipinski definition) is 2. The molecule has 3 N–H and O–H groups in total. The summed E-state index contributed by atoms with van der Waals surface area (Å²) in [6, 6.07) is 0.291. The van der Waals surface area contributed by atoms with Crippen molar-refractivity contribution in [2.24, 2.45) is 17.6 Å². The highest BCUT2D eigenvalue weighted by molar-refractivity contribution is 5.81. The summed E-state index contributed by atoms with van der Waals surface area (Å²) in [5.41, 5.74) is 5.28. The molecule has 0 radical (unpaired) electrons. The molecule has 0 bridgehead atoms. The smallest absolute Gasteiger partial charge is 0.224 e. The molecule has 2 rings (SSSR count). The zero-order valence-electron chi connectivity index (χ0n) is 11.0. The summed E-state index contributed by atoms with van der Waals surface area (Å²) in [5.74, 6) is 0.280. The second-order valence-corrected chi connectivity index (χ2v) is 5.61. The van der Waals surface area contributed by atoms with E-state index in [1.807, 2.05) is 0 Å². The second kappa shape index (κ2) is 5.69. The zero-order valence-corrected chi connectivity index (χ0v) is 11.0. The number of amides is 2. The quantitative estimate of drug-likeness (QED) is 0.749. The van der Waals surface area contributed by atoms with Crippen LogP contribution in [0.5, 0.6) is 0 Å². The fourth-order valence-corrected chi connectivity index (χ4v) is 2.92. The highest BCUT2D eigenvalue weighted by Gasteiger charge is 2.32. The molecule has 5 nitrogen and oxygen atoms in total. The number of likely N-dealkylation sites (tertiary alicyclic amines) is 1. The predicted molar refractivity (Wildman–Crippen MR) is 68.7 cm³/mol. The minimum Gasteiger partial charge on any atom is -0.369 e. The number of rotatable bonds is 3. The van der Waals surface area contributed by atoms with E-state index in [0.717, 1.165) is 6.54 Å². The lowest BCUT2D eigenvalue weighted by Gasteiger charge is -2.31. The van der Waals surface area contributed by atoms with Gasteiger partial charge in [-0.25, -0.2) is 0 Å². The number of piperidine rings is 1. The first-order valence-electron chi connectivity index (χ1n) is 6.88. The SMILES string of the molecule is CC1CCCNC1CC(=O)N1CCC(C(N)=O)C1. The van der Waals surface area contributed by atoms with Crippen LogP contribution < -0.4 is 11.1 Å². The molecular formula is C13H23N3O2. The zero-order chi connectivity index (χ0) is 13.1. The normalized spacial score (nSPS) is 32.5. The van der Waals surface area contributed by atoms with Gasteiger partial charge in [-0.1, -0.05) is 6.92 Å². The van der Waals surface area contributed by atoms with Gasteiger partial charge in [0.25, 0.3) is 0 Å². The van der Waals surface area contributed by atoms with Gasteiger partial charge in [0.1, 0.15) is 0 Å². The van der Waals surface area contributed by atoms with E-state index in [2.05, 4.69) is 12.2 Å². The van der Waals surface area contributed by atoms with Crippen LogP contribution >= 0.6 is 0 Å².